The molecule has 0 atom stereocenters. The number of benzene rings is 1. The highest BCUT2D eigenvalue weighted by Crippen LogP contribution is 2.24. The minimum absolute atomic E-state index is 0.394. The van der Waals surface area contributed by atoms with Crippen molar-refractivity contribution < 1.29 is 9.53 Å². The second kappa shape index (κ2) is 8.04. The van der Waals surface area contributed by atoms with E-state index in [0.717, 1.165) is 12.1 Å². The van der Waals surface area contributed by atoms with Crippen LogP contribution in [-0.4, -0.2) is 30.7 Å². The Morgan fingerprint density at radius 1 is 1.29 bits per heavy atom. The van der Waals surface area contributed by atoms with Crippen molar-refractivity contribution >= 4 is 17.7 Å². The predicted molar refractivity (Wildman–Crippen MR) is 97.4 cm³/mol. The Labute approximate surface area is 143 Å². The number of hydrogen-bond acceptors (Lipinski definition) is 3. The average Bonchev–Trinajstić information content (AvgIpc) is 2.92. The lowest BCUT2D eigenvalue weighted by Crippen LogP contribution is -2.33. The lowest BCUT2D eigenvalue weighted by atomic mass is 10.1. The molecular weight excluding hydrogens is 304 g/mol. The molecule has 0 spiro atoms. The van der Waals surface area contributed by atoms with E-state index in [2.05, 4.69) is 27.8 Å². The first-order valence-corrected chi connectivity index (χ1v) is 8.49. The first-order chi connectivity index (χ1) is 11.3. The summed E-state index contributed by atoms with van der Waals surface area (Å²) in [6.45, 7) is 6.55. The minimum atomic E-state index is -0.480. The number of carbonyl (C=O) groups is 1. The molecule has 4 N–H and O–H groups in total. The zero-order valence-electron chi connectivity index (χ0n) is 14.8. The number of hydrogen-bond donors (Lipinski definition) is 3. The molecule has 6 heteroatoms. The molecule has 1 aromatic rings. The van der Waals surface area contributed by atoms with E-state index in [-0.39, 0.29) is 0 Å². The largest absolute Gasteiger partial charge is 0.444 e. The van der Waals surface area contributed by atoms with Gasteiger partial charge in [-0.15, -0.1) is 0 Å². The van der Waals surface area contributed by atoms with Gasteiger partial charge in [-0.2, -0.15) is 0 Å². The summed E-state index contributed by atoms with van der Waals surface area (Å²) in [4.78, 5) is 15.8. The van der Waals surface area contributed by atoms with Gasteiger partial charge in [0.2, 0.25) is 0 Å². The van der Waals surface area contributed by atoms with E-state index >= 15 is 0 Å². The Morgan fingerprint density at radius 2 is 2.04 bits per heavy atom. The van der Waals surface area contributed by atoms with Crippen LogP contribution in [0.4, 0.5) is 10.5 Å². The maximum Gasteiger partial charge on any atom is 0.407 e. The number of nitrogens with two attached hydrogens (primary N) is 1. The van der Waals surface area contributed by atoms with Crippen LogP contribution in [0.25, 0.3) is 0 Å². The Bertz CT molecular complexity index is 606. The summed E-state index contributed by atoms with van der Waals surface area (Å²) in [5, 5.41) is 5.82. The first-order valence-electron chi connectivity index (χ1n) is 8.49. The van der Waals surface area contributed by atoms with Gasteiger partial charge in [-0.25, -0.2) is 4.79 Å². The van der Waals surface area contributed by atoms with Crippen LogP contribution in [-0.2, 0) is 17.6 Å². The number of fused-ring (bicyclic) bond motifs is 1. The third kappa shape index (κ3) is 6.10. The summed E-state index contributed by atoms with van der Waals surface area (Å²) in [5.74, 6) is 0.394. The highest BCUT2D eigenvalue weighted by molar-refractivity contribution is 5.92. The van der Waals surface area contributed by atoms with Crippen molar-refractivity contribution in [1.82, 2.24) is 5.32 Å². The fourth-order valence-corrected chi connectivity index (χ4v) is 2.62. The van der Waals surface area contributed by atoms with Crippen LogP contribution in [0.15, 0.2) is 23.2 Å². The molecule has 0 fully saturated rings. The Hall–Kier alpha value is -2.24. The Morgan fingerprint density at radius 3 is 2.79 bits per heavy atom. The molecule has 1 amide bonds. The van der Waals surface area contributed by atoms with Gasteiger partial charge in [-0.3, -0.25) is 4.99 Å². The molecule has 0 unspecified atom stereocenters. The van der Waals surface area contributed by atoms with Gasteiger partial charge in [-0.05, 0) is 69.7 Å². The highest BCUT2D eigenvalue weighted by atomic mass is 16.6. The number of aliphatic imine (C=N–C) groups is 1. The fraction of sp³-hybridized carbons (Fsp3) is 0.556. The summed E-state index contributed by atoms with van der Waals surface area (Å²) >= 11 is 0. The summed E-state index contributed by atoms with van der Waals surface area (Å²) < 4.78 is 5.16. The molecule has 0 saturated heterocycles. The van der Waals surface area contributed by atoms with Gasteiger partial charge in [0.1, 0.15) is 5.60 Å². The van der Waals surface area contributed by atoms with Gasteiger partial charge in [0.05, 0.1) is 0 Å². The van der Waals surface area contributed by atoms with Crippen molar-refractivity contribution in [3.8, 4) is 0 Å². The lowest BCUT2D eigenvalue weighted by Gasteiger charge is -2.19. The van der Waals surface area contributed by atoms with Crippen LogP contribution < -0.4 is 16.4 Å². The smallest absolute Gasteiger partial charge is 0.407 e. The molecule has 0 heterocycles. The van der Waals surface area contributed by atoms with Crippen LogP contribution >= 0.6 is 0 Å². The molecule has 6 nitrogen and oxygen atoms in total. The topological polar surface area (TPSA) is 88.7 Å². The van der Waals surface area contributed by atoms with Crippen LogP contribution in [0.5, 0.6) is 0 Å². The maximum atomic E-state index is 11.5. The van der Waals surface area contributed by atoms with Crippen LogP contribution in [0.2, 0.25) is 0 Å². The van der Waals surface area contributed by atoms with E-state index in [4.69, 9.17) is 10.5 Å². The normalized spacial score (nSPS) is 14.2. The van der Waals surface area contributed by atoms with E-state index in [9.17, 15) is 4.79 Å². The number of alkyl carbamates (subject to hydrolysis) is 1. The lowest BCUT2D eigenvalue weighted by molar-refractivity contribution is 0.0527. The summed E-state index contributed by atoms with van der Waals surface area (Å²) in [5.41, 5.74) is 9.23. The number of amides is 1. The number of ether oxygens (including phenoxy) is 1. The van der Waals surface area contributed by atoms with Gasteiger partial charge in [0, 0.05) is 18.8 Å². The van der Waals surface area contributed by atoms with E-state index in [1.165, 1.54) is 24.0 Å². The minimum Gasteiger partial charge on any atom is -0.444 e. The molecule has 0 bridgehead atoms. The second-order valence-electron chi connectivity index (χ2n) is 7.01. The number of anilines is 1. The zero-order chi connectivity index (χ0) is 17.6. The van der Waals surface area contributed by atoms with E-state index in [1.54, 1.807) is 0 Å². The standard InChI is InChI=1S/C18H28N4O2/c1-18(2,3)24-17(23)21-11-5-10-20-16(19)22-15-9-8-13-6-4-7-14(13)12-15/h8-9,12H,4-7,10-11H2,1-3H3,(H,21,23)(H3,19,20,22). The molecule has 1 aromatic carbocycles. The monoisotopic (exact) mass is 332 g/mol. The molecule has 0 aliphatic heterocycles. The molecular formula is C18H28N4O2. The van der Waals surface area contributed by atoms with Crippen molar-refractivity contribution in [3.05, 3.63) is 29.3 Å². The average molecular weight is 332 g/mol. The molecule has 24 heavy (non-hydrogen) atoms. The van der Waals surface area contributed by atoms with Crippen molar-refractivity contribution in [3.63, 3.8) is 0 Å². The predicted octanol–water partition coefficient (Wildman–Crippen LogP) is 2.82. The Kier molecular flexibility index (Phi) is 6.06. The van der Waals surface area contributed by atoms with Crippen molar-refractivity contribution in [2.24, 2.45) is 10.7 Å². The van der Waals surface area contributed by atoms with E-state index in [0.29, 0.717) is 25.5 Å². The van der Waals surface area contributed by atoms with Gasteiger partial charge < -0.3 is 21.1 Å². The molecule has 0 saturated carbocycles. The van der Waals surface area contributed by atoms with Crippen molar-refractivity contribution in [2.75, 3.05) is 18.4 Å². The second-order valence-corrected chi connectivity index (χ2v) is 7.01. The maximum absolute atomic E-state index is 11.5. The summed E-state index contributed by atoms with van der Waals surface area (Å²) in [6, 6.07) is 6.34. The number of carbonyl (C=O) groups excluding carboxylic acids is 1. The summed E-state index contributed by atoms with van der Waals surface area (Å²) in [6.07, 6.45) is 3.83. The number of guanidine groups is 1. The van der Waals surface area contributed by atoms with Gasteiger partial charge in [0.15, 0.2) is 5.96 Å². The third-order valence-corrected chi connectivity index (χ3v) is 3.66. The van der Waals surface area contributed by atoms with Crippen molar-refractivity contribution in [1.29, 1.82) is 0 Å². The number of aryl methyl sites for hydroxylation is 2. The zero-order valence-corrected chi connectivity index (χ0v) is 14.8. The van der Waals surface area contributed by atoms with Crippen LogP contribution in [0.1, 0.15) is 44.7 Å². The van der Waals surface area contributed by atoms with Crippen molar-refractivity contribution in [2.45, 2.75) is 52.1 Å². The van der Waals surface area contributed by atoms with Crippen LogP contribution in [0.3, 0.4) is 0 Å². The first kappa shape index (κ1) is 18.1. The highest BCUT2D eigenvalue weighted by Gasteiger charge is 2.15. The van der Waals surface area contributed by atoms with Gasteiger partial charge >= 0.3 is 6.09 Å². The van der Waals surface area contributed by atoms with Gasteiger partial charge in [0.25, 0.3) is 0 Å². The molecule has 0 radical (unpaired) electrons. The molecule has 1 aliphatic rings. The SMILES string of the molecule is CC(C)(C)OC(=O)NCCCN=C(N)Nc1ccc2c(c1)CCC2. The van der Waals surface area contributed by atoms with E-state index < -0.39 is 11.7 Å². The molecule has 0 aromatic heterocycles. The number of nitrogens with one attached hydrogen (secondary N) is 2. The quantitative estimate of drug-likeness (QED) is 0.439. The molecule has 132 valence electrons. The molecule has 2 rings (SSSR count). The Balaban J connectivity index is 1.68. The molecule has 1 aliphatic carbocycles. The van der Waals surface area contributed by atoms with Crippen LogP contribution in [0, 0.1) is 0 Å². The van der Waals surface area contributed by atoms with E-state index in [1.807, 2.05) is 26.8 Å². The number of nitrogens with zero attached hydrogens (tertiary/aromatic N) is 1. The fourth-order valence-electron chi connectivity index (χ4n) is 2.62. The number of rotatable bonds is 5. The third-order valence-electron chi connectivity index (χ3n) is 3.66. The summed E-state index contributed by atoms with van der Waals surface area (Å²) in [7, 11) is 0. The van der Waals surface area contributed by atoms with Gasteiger partial charge in [-0.1, -0.05) is 6.07 Å².